The van der Waals surface area contributed by atoms with Gasteiger partial charge in [-0.25, -0.2) is 0 Å². The molecule has 1 aliphatic rings. The van der Waals surface area contributed by atoms with Gasteiger partial charge in [0, 0.05) is 6.04 Å². The highest BCUT2D eigenvalue weighted by molar-refractivity contribution is 5.77. The van der Waals surface area contributed by atoms with E-state index >= 15 is 0 Å². The van der Waals surface area contributed by atoms with Crippen LogP contribution in [0.2, 0.25) is 0 Å². The number of carbonyl (C=O) groups excluding carboxylic acids is 1. The smallest absolute Gasteiger partial charge is 0.258 e. The van der Waals surface area contributed by atoms with Crippen molar-refractivity contribution in [3.8, 4) is 11.5 Å². The summed E-state index contributed by atoms with van der Waals surface area (Å²) < 4.78 is 10.9. The first-order chi connectivity index (χ1) is 9.98. The standard InChI is InChI=1S/C17H25NO3/c1-4-20-14-5-7-15(8-6-14)21-12-16(19)18-13-9-10-17(2,3)11-13/h5-8,13H,4,9-12H2,1-3H3,(H,18,19). The van der Waals surface area contributed by atoms with Gasteiger partial charge < -0.3 is 14.8 Å². The first kappa shape index (κ1) is 15.7. The Labute approximate surface area is 126 Å². The molecule has 1 atom stereocenters. The Kier molecular flexibility index (Phi) is 5.10. The van der Waals surface area contributed by atoms with E-state index in [1.54, 1.807) is 0 Å². The fourth-order valence-electron chi connectivity index (χ4n) is 2.78. The predicted octanol–water partition coefficient (Wildman–Crippen LogP) is 3.16. The first-order valence-corrected chi connectivity index (χ1v) is 7.63. The Balaban J connectivity index is 1.73. The summed E-state index contributed by atoms with van der Waals surface area (Å²) in [5, 5.41) is 3.05. The van der Waals surface area contributed by atoms with Crippen LogP contribution in [-0.4, -0.2) is 25.2 Å². The molecule has 4 nitrogen and oxygen atoms in total. The van der Waals surface area contributed by atoms with E-state index in [0.29, 0.717) is 17.8 Å². The third kappa shape index (κ3) is 4.96. The van der Waals surface area contributed by atoms with E-state index < -0.39 is 0 Å². The largest absolute Gasteiger partial charge is 0.494 e. The van der Waals surface area contributed by atoms with Gasteiger partial charge in [0.15, 0.2) is 6.61 Å². The van der Waals surface area contributed by atoms with E-state index in [1.165, 1.54) is 0 Å². The minimum Gasteiger partial charge on any atom is -0.494 e. The zero-order chi connectivity index (χ0) is 15.3. The van der Waals surface area contributed by atoms with Crippen LogP contribution in [0.1, 0.15) is 40.0 Å². The maximum atomic E-state index is 11.9. The normalized spacial score (nSPS) is 20.0. The van der Waals surface area contributed by atoms with Gasteiger partial charge in [-0.2, -0.15) is 0 Å². The predicted molar refractivity (Wildman–Crippen MR) is 82.7 cm³/mol. The number of hydrogen-bond acceptors (Lipinski definition) is 3. The van der Waals surface area contributed by atoms with Crippen LogP contribution < -0.4 is 14.8 Å². The molecule has 2 rings (SSSR count). The van der Waals surface area contributed by atoms with Crippen molar-refractivity contribution in [2.24, 2.45) is 5.41 Å². The van der Waals surface area contributed by atoms with Gasteiger partial charge in [-0.05, 0) is 55.9 Å². The summed E-state index contributed by atoms with van der Waals surface area (Å²) >= 11 is 0. The Morgan fingerprint density at radius 3 is 2.38 bits per heavy atom. The minimum absolute atomic E-state index is 0.0495. The molecule has 4 heteroatoms. The van der Waals surface area contributed by atoms with Crippen molar-refractivity contribution in [1.82, 2.24) is 5.32 Å². The van der Waals surface area contributed by atoms with Crippen LogP contribution in [0.4, 0.5) is 0 Å². The highest BCUT2D eigenvalue weighted by Crippen LogP contribution is 2.36. The molecular formula is C17H25NO3. The first-order valence-electron chi connectivity index (χ1n) is 7.63. The van der Waals surface area contributed by atoms with Crippen molar-refractivity contribution in [3.05, 3.63) is 24.3 Å². The summed E-state index contributed by atoms with van der Waals surface area (Å²) in [6, 6.07) is 7.61. The molecule has 1 N–H and O–H groups in total. The molecule has 1 aromatic rings. The number of hydrogen-bond donors (Lipinski definition) is 1. The lowest BCUT2D eigenvalue weighted by molar-refractivity contribution is -0.123. The van der Waals surface area contributed by atoms with Gasteiger partial charge in [0.05, 0.1) is 6.61 Å². The van der Waals surface area contributed by atoms with E-state index in [4.69, 9.17) is 9.47 Å². The van der Waals surface area contributed by atoms with Crippen LogP contribution in [-0.2, 0) is 4.79 Å². The van der Waals surface area contributed by atoms with Crippen molar-refractivity contribution in [1.29, 1.82) is 0 Å². The summed E-state index contributed by atoms with van der Waals surface area (Å²) in [5.74, 6) is 1.44. The second-order valence-corrected chi connectivity index (χ2v) is 6.36. The Hall–Kier alpha value is -1.71. The molecule has 0 aliphatic heterocycles. The summed E-state index contributed by atoms with van der Waals surface area (Å²) in [6.07, 6.45) is 3.27. The second-order valence-electron chi connectivity index (χ2n) is 6.36. The lowest BCUT2D eigenvalue weighted by atomic mass is 9.92. The molecule has 0 aromatic heterocycles. The molecule has 0 spiro atoms. The number of carbonyl (C=O) groups is 1. The van der Waals surface area contributed by atoms with Crippen LogP contribution in [0.15, 0.2) is 24.3 Å². The van der Waals surface area contributed by atoms with Crippen molar-refractivity contribution in [2.45, 2.75) is 46.1 Å². The monoisotopic (exact) mass is 291 g/mol. The Morgan fingerprint density at radius 1 is 1.24 bits per heavy atom. The van der Waals surface area contributed by atoms with Crippen molar-refractivity contribution in [2.75, 3.05) is 13.2 Å². The van der Waals surface area contributed by atoms with E-state index in [1.807, 2.05) is 31.2 Å². The van der Waals surface area contributed by atoms with E-state index in [2.05, 4.69) is 19.2 Å². The number of ether oxygens (including phenoxy) is 2. The van der Waals surface area contributed by atoms with E-state index in [9.17, 15) is 4.79 Å². The average molecular weight is 291 g/mol. The molecule has 1 saturated carbocycles. The fraction of sp³-hybridized carbons (Fsp3) is 0.588. The van der Waals surface area contributed by atoms with Gasteiger partial charge in [-0.3, -0.25) is 4.79 Å². The maximum Gasteiger partial charge on any atom is 0.258 e. The highest BCUT2D eigenvalue weighted by atomic mass is 16.5. The van der Waals surface area contributed by atoms with Crippen molar-refractivity contribution >= 4 is 5.91 Å². The molecule has 1 unspecified atom stereocenters. The Bertz CT molecular complexity index is 467. The molecule has 1 aliphatic carbocycles. The summed E-state index contributed by atoms with van der Waals surface area (Å²) in [6.45, 7) is 7.13. The van der Waals surface area contributed by atoms with Crippen molar-refractivity contribution in [3.63, 3.8) is 0 Å². The zero-order valence-corrected chi connectivity index (χ0v) is 13.1. The quantitative estimate of drug-likeness (QED) is 0.876. The molecule has 21 heavy (non-hydrogen) atoms. The lowest BCUT2D eigenvalue weighted by Crippen LogP contribution is -2.36. The summed E-state index contributed by atoms with van der Waals surface area (Å²) in [5.41, 5.74) is 0.341. The average Bonchev–Trinajstić information content (AvgIpc) is 2.77. The van der Waals surface area contributed by atoms with Crippen molar-refractivity contribution < 1.29 is 14.3 Å². The molecule has 0 bridgehead atoms. The SMILES string of the molecule is CCOc1ccc(OCC(=O)NC2CCC(C)(C)C2)cc1. The lowest BCUT2D eigenvalue weighted by Gasteiger charge is -2.18. The van der Waals surface area contributed by atoms with Crippen LogP contribution in [0.25, 0.3) is 0 Å². The van der Waals surface area contributed by atoms with Gasteiger partial charge in [-0.1, -0.05) is 13.8 Å². The molecule has 0 heterocycles. The molecular weight excluding hydrogens is 266 g/mol. The third-order valence-corrected chi connectivity index (χ3v) is 3.84. The minimum atomic E-state index is -0.0495. The topological polar surface area (TPSA) is 47.6 Å². The molecule has 1 aromatic carbocycles. The zero-order valence-electron chi connectivity index (χ0n) is 13.1. The van der Waals surface area contributed by atoms with Crippen LogP contribution >= 0.6 is 0 Å². The summed E-state index contributed by atoms with van der Waals surface area (Å²) in [7, 11) is 0. The van der Waals surface area contributed by atoms with E-state index in [-0.39, 0.29) is 18.6 Å². The number of benzene rings is 1. The van der Waals surface area contributed by atoms with Crippen LogP contribution in [0, 0.1) is 5.41 Å². The van der Waals surface area contributed by atoms with Crippen LogP contribution in [0.3, 0.4) is 0 Å². The number of amides is 1. The molecule has 0 saturated heterocycles. The van der Waals surface area contributed by atoms with Gasteiger partial charge in [0.2, 0.25) is 0 Å². The third-order valence-electron chi connectivity index (χ3n) is 3.84. The van der Waals surface area contributed by atoms with Gasteiger partial charge in [0.25, 0.3) is 5.91 Å². The maximum absolute atomic E-state index is 11.9. The van der Waals surface area contributed by atoms with E-state index in [0.717, 1.165) is 25.0 Å². The molecule has 116 valence electrons. The van der Waals surface area contributed by atoms with Gasteiger partial charge in [0.1, 0.15) is 11.5 Å². The molecule has 1 fully saturated rings. The van der Waals surface area contributed by atoms with Crippen LogP contribution in [0.5, 0.6) is 11.5 Å². The molecule has 0 radical (unpaired) electrons. The van der Waals surface area contributed by atoms with Gasteiger partial charge in [-0.15, -0.1) is 0 Å². The van der Waals surface area contributed by atoms with Gasteiger partial charge >= 0.3 is 0 Å². The Morgan fingerprint density at radius 2 is 1.86 bits per heavy atom. The number of nitrogens with one attached hydrogen (secondary N) is 1. The summed E-state index contributed by atoms with van der Waals surface area (Å²) in [4.78, 5) is 11.9. The molecule has 1 amide bonds. The highest BCUT2D eigenvalue weighted by Gasteiger charge is 2.31. The second kappa shape index (κ2) is 6.83. The number of rotatable bonds is 6. The fourth-order valence-corrected chi connectivity index (χ4v) is 2.78.